The minimum Gasteiger partial charge on any atom is -0.544 e. The summed E-state index contributed by atoms with van der Waals surface area (Å²) in [4.78, 5) is 11.0. The van der Waals surface area contributed by atoms with E-state index in [9.17, 15) is 9.90 Å². The molecule has 0 saturated heterocycles. The van der Waals surface area contributed by atoms with E-state index in [4.69, 9.17) is 27.6 Å². The van der Waals surface area contributed by atoms with Crippen LogP contribution in [0.3, 0.4) is 0 Å². The summed E-state index contributed by atoms with van der Waals surface area (Å²) in [5, 5.41) is 19.2. The van der Waals surface area contributed by atoms with E-state index < -0.39 is 5.97 Å². The van der Waals surface area contributed by atoms with Crippen molar-refractivity contribution in [1.29, 1.82) is 0 Å². The quantitative estimate of drug-likeness (QED) is 0.633. The Hall–Kier alpha value is -1.50. The summed E-state index contributed by atoms with van der Waals surface area (Å²) in [6, 6.07) is 4.90. The van der Waals surface area contributed by atoms with Crippen molar-refractivity contribution in [3.05, 3.63) is 44.6 Å². The van der Waals surface area contributed by atoms with Gasteiger partial charge in [-0.05, 0) is 29.5 Å². The van der Waals surface area contributed by atoms with Crippen LogP contribution in [0.2, 0.25) is 10.0 Å². The lowest BCUT2D eigenvalue weighted by molar-refractivity contribution is -0.298. The van der Waals surface area contributed by atoms with E-state index in [2.05, 4.69) is 10.2 Å². The minimum atomic E-state index is -1.37. The first-order valence-electron chi connectivity index (χ1n) is 5.32. The Balaban J connectivity index is 2.35. The zero-order chi connectivity index (χ0) is 14.7. The molecule has 0 fully saturated rings. The van der Waals surface area contributed by atoms with Gasteiger partial charge in [0.15, 0.2) is 0 Å². The van der Waals surface area contributed by atoms with E-state index >= 15 is 0 Å². The zero-order valence-electron chi connectivity index (χ0n) is 10.1. The van der Waals surface area contributed by atoms with Crippen molar-refractivity contribution in [2.24, 2.45) is 0 Å². The van der Waals surface area contributed by atoms with Crippen LogP contribution in [0.5, 0.6) is 0 Å². The number of carboxylic acids is 1. The molecule has 0 aliphatic carbocycles. The molecule has 1 heterocycles. The monoisotopic (exact) mass is 329 g/mol. The minimum absolute atomic E-state index is 0.108. The van der Waals surface area contributed by atoms with Gasteiger partial charge in [0.1, 0.15) is 0 Å². The Bertz CT molecular complexity index is 685. The van der Waals surface area contributed by atoms with Crippen molar-refractivity contribution in [2.45, 2.75) is 12.1 Å². The normalized spacial score (nSPS) is 11.7. The van der Waals surface area contributed by atoms with Crippen LogP contribution in [0.25, 0.3) is 6.08 Å². The molecule has 0 bridgehead atoms. The standard InChI is InChI=1S/C12H8Cl2N2O3S/c1-6-15-16-12(19-6)20-9(11(17)18)5-7-3-2-4-8(13)10(7)14/h2-5H,1H3,(H,17,18)/p-1/b9-5-. The van der Waals surface area contributed by atoms with E-state index in [0.29, 0.717) is 16.5 Å². The molecule has 0 spiro atoms. The number of carbonyl (C=O) groups is 1. The number of carbonyl (C=O) groups excluding carboxylic acids is 1. The summed E-state index contributed by atoms with van der Waals surface area (Å²) >= 11 is 12.7. The number of aromatic nitrogens is 2. The molecular weight excluding hydrogens is 323 g/mol. The third kappa shape index (κ3) is 3.53. The Morgan fingerprint density at radius 2 is 2.15 bits per heavy atom. The predicted molar refractivity (Wildman–Crippen MR) is 74.3 cm³/mol. The van der Waals surface area contributed by atoms with Crippen LogP contribution in [0.4, 0.5) is 0 Å². The van der Waals surface area contributed by atoms with Crippen LogP contribution in [0, 0.1) is 6.92 Å². The van der Waals surface area contributed by atoms with Crippen LogP contribution in [0.15, 0.2) is 32.7 Å². The highest BCUT2D eigenvalue weighted by molar-refractivity contribution is 8.03. The number of aryl methyl sites for hydroxylation is 1. The SMILES string of the molecule is Cc1nnc(S/C(=C\c2cccc(Cl)c2Cl)C(=O)[O-])o1. The van der Waals surface area contributed by atoms with E-state index in [1.54, 1.807) is 25.1 Å². The van der Waals surface area contributed by atoms with E-state index in [1.807, 2.05) is 0 Å². The number of hydrogen-bond donors (Lipinski definition) is 0. The lowest BCUT2D eigenvalue weighted by Crippen LogP contribution is -2.23. The molecular formula is C12H7Cl2N2O3S-. The molecule has 0 amide bonds. The highest BCUT2D eigenvalue weighted by Gasteiger charge is 2.10. The van der Waals surface area contributed by atoms with E-state index in [1.165, 1.54) is 6.08 Å². The first-order valence-corrected chi connectivity index (χ1v) is 6.89. The lowest BCUT2D eigenvalue weighted by atomic mass is 10.2. The first kappa shape index (κ1) is 14.9. The van der Waals surface area contributed by atoms with Gasteiger partial charge in [0.05, 0.1) is 16.0 Å². The van der Waals surface area contributed by atoms with Crippen LogP contribution >= 0.6 is 35.0 Å². The second kappa shape index (κ2) is 6.30. The second-order valence-electron chi connectivity index (χ2n) is 3.63. The fourth-order valence-corrected chi connectivity index (χ4v) is 2.38. The molecule has 1 aromatic carbocycles. The molecule has 0 saturated carbocycles. The zero-order valence-corrected chi connectivity index (χ0v) is 12.4. The lowest BCUT2D eigenvalue weighted by Gasteiger charge is -2.07. The number of thioether (sulfide) groups is 1. The molecule has 0 N–H and O–H groups in total. The molecule has 5 nitrogen and oxygen atoms in total. The maximum absolute atomic E-state index is 11.1. The van der Waals surface area contributed by atoms with Gasteiger partial charge in [-0.3, -0.25) is 0 Å². The van der Waals surface area contributed by atoms with Crippen LogP contribution in [-0.2, 0) is 4.79 Å². The second-order valence-corrected chi connectivity index (χ2v) is 5.41. The third-order valence-corrected chi connectivity index (χ3v) is 3.85. The van der Waals surface area contributed by atoms with Gasteiger partial charge in [0, 0.05) is 11.8 Å². The smallest absolute Gasteiger partial charge is 0.281 e. The van der Waals surface area contributed by atoms with Gasteiger partial charge in [-0.1, -0.05) is 35.3 Å². The van der Waals surface area contributed by atoms with Crippen molar-refractivity contribution in [2.75, 3.05) is 0 Å². The highest BCUT2D eigenvalue weighted by atomic mass is 35.5. The number of hydrogen-bond acceptors (Lipinski definition) is 6. The topological polar surface area (TPSA) is 79.0 Å². The van der Waals surface area contributed by atoms with Gasteiger partial charge >= 0.3 is 0 Å². The maximum atomic E-state index is 11.1. The number of carboxylic acid groups (broad SMARTS) is 1. The van der Waals surface area contributed by atoms with Crippen molar-refractivity contribution in [1.82, 2.24) is 10.2 Å². The van der Waals surface area contributed by atoms with Crippen LogP contribution in [0.1, 0.15) is 11.5 Å². The summed E-state index contributed by atoms with van der Waals surface area (Å²) in [6.07, 6.45) is 1.34. The first-order chi connectivity index (χ1) is 9.47. The predicted octanol–water partition coefficient (Wildman–Crippen LogP) is 2.57. The fraction of sp³-hybridized carbons (Fsp3) is 0.0833. The van der Waals surface area contributed by atoms with Gasteiger partial charge in [-0.25, -0.2) is 0 Å². The average molecular weight is 330 g/mol. The number of rotatable bonds is 4. The summed E-state index contributed by atoms with van der Waals surface area (Å²) < 4.78 is 5.11. The van der Waals surface area contributed by atoms with Gasteiger partial charge in [-0.15, -0.1) is 10.2 Å². The Kier molecular flexibility index (Phi) is 4.69. The summed E-state index contributed by atoms with van der Waals surface area (Å²) in [6.45, 7) is 1.60. The number of aliphatic carboxylic acids is 1. The summed E-state index contributed by atoms with van der Waals surface area (Å²) in [5.41, 5.74) is 0.460. The molecule has 0 aliphatic rings. The third-order valence-electron chi connectivity index (χ3n) is 2.17. The molecule has 0 aliphatic heterocycles. The molecule has 2 aromatic rings. The van der Waals surface area contributed by atoms with E-state index in [-0.39, 0.29) is 15.2 Å². The Morgan fingerprint density at radius 1 is 1.40 bits per heavy atom. The molecule has 1 aromatic heterocycles. The molecule has 20 heavy (non-hydrogen) atoms. The molecule has 0 atom stereocenters. The van der Waals surface area contributed by atoms with Crippen molar-refractivity contribution in [3.8, 4) is 0 Å². The van der Waals surface area contributed by atoms with Crippen molar-refractivity contribution in [3.63, 3.8) is 0 Å². The molecule has 2 rings (SSSR count). The summed E-state index contributed by atoms with van der Waals surface area (Å²) in [5.74, 6) is -1.03. The van der Waals surface area contributed by atoms with Gasteiger partial charge < -0.3 is 14.3 Å². The average Bonchev–Trinajstić information content (AvgIpc) is 2.79. The van der Waals surface area contributed by atoms with Gasteiger partial charge in [0.2, 0.25) is 5.89 Å². The van der Waals surface area contributed by atoms with Crippen molar-refractivity contribution < 1.29 is 14.3 Å². The Morgan fingerprint density at radius 3 is 2.75 bits per heavy atom. The van der Waals surface area contributed by atoms with E-state index in [0.717, 1.165) is 11.8 Å². The fourth-order valence-electron chi connectivity index (χ4n) is 1.32. The molecule has 0 radical (unpaired) electrons. The number of benzene rings is 1. The Labute approximate surface area is 128 Å². The van der Waals surface area contributed by atoms with Crippen LogP contribution in [-0.4, -0.2) is 16.2 Å². The summed E-state index contributed by atoms with van der Waals surface area (Å²) in [7, 11) is 0. The maximum Gasteiger partial charge on any atom is 0.281 e. The molecule has 0 unspecified atom stereocenters. The largest absolute Gasteiger partial charge is 0.544 e. The highest BCUT2D eigenvalue weighted by Crippen LogP contribution is 2.31. The molecule has 8 heteroatoms. The molecule has 104 valence electrons. The van der Waals surface area contributed by atoms with Crippen molar-refractivity contribution >= 4 is 47.0 Å². The number of halogens is 2. The number of nitrogens with zero attached hydrogens (tertiary/aromatic N) is 2. The van der Waals surface area contributed by atoms with Gasteiger partial charge in [0.25, 0.3) is 5.22 Å². The van der Waals surface area contributed by atoms with Gasteiger partial charge in [-0.2, -0.15) is 0 Å². The van der Waals surface area contributed by atoms with Crippen LogP contribution < -0.4 is 5.11 Å².